The summed E-state index contributed by atoms with van der Waals surface area (Å²) in [5.41, 5.74) is 0.538. The predicted molar refractivity (Wildman–Crippen MR) is 107 cm³/mol. The van der Waals surface area contributed by atoms with Gasteiger partial charge in [0.1, 0.15) is 0 Å². The molecule has 0 bridgehead atoms. The Labute approximate surface area is 173 Å². The minimum Gasteiger partial charge on any atom is -0.378 e. The molecule has 0 aliphatic carbocycles. The SMILES string of the molecule is CCn1c(SCC(=O)N(C)C(C)c2ccc(F)c(F)c2)nnc1N1CCOCC1. The van der Waals surface area contributed by atoms with Gasteiger partial charge in [-0.2, -0.15) is 0 Å². The molecule has 2 aromatic rings. The number of morpholine rings is 1. The van der Waals surface area contributed by atoms with Gasteiger partial charge >= 0.3 is 0 Å². The van der Waals surface area contributed by atoms with Crippen LogP contribution in [0.15, 0.2) is 23.4 Å². The van der Waals surface area contributed by atoms with Gasteiger partial charge in [-0.25, -0.2) is 8.78 Å². The molecule has 7 nitrogen and oxygen atoms in total. The standard InChI is InChI=1S/C19H25F2N5O2S/c1-4-26-18(25-7-9-28-10-8-25)22-23-19(26)29-12-17(27)24(3)13(2)14-5-6-15(20)16(21)11-14/h5-6,11,13H,4,7-10,12H2,1-3H3. The monoisotopic (exact) mass is 425 g/mol. The summed E-state index contributed by atoms with van der Waals surface area (Å²) in [5.74, 6) is -0.997. The fourth-order valence-electron chi connectivity index (χ4n) is 3.10. The molecule has 1 fully saturated rings. The number of hydrogen-bond acceptors (Lipinski definition) is 6. The molecule has 1 amide bonds. The number of aromatic nitrogens is 3. The van der Waals surface area contributed by atoms with Crippen LogP contribution in [0.5, 0.6) is 0 Å². The number of ether oxygens (including phenoxy) is 1. The number of hydrogen-bond donors (Lipinski definition) is 0. The first-order valence-corrected chi connectivity index (χ1v) is 10.5. The van der Waals surface area contributed by atoms with Gasteiger partial charge in [-0.05, 0) is 31.5 Å². The van der Waals surface area contributed by atoms with Crippen molar-refractivity contribution >= 4 is 23.6 Å². The molecular formula is C19H25F2N5O2S. The molecule has 158 valence electrons. The van der Waals surface area contributed by atoms with Gasteiger partial charge in [0.15, 0.2) is 16.8 Å². The third-order valence-electron chi connectivity index (χ3n) is 5.03. The van der Waals surface area contributed by atoms with E-state index < -0.39 is 11.6 Å². The number of anilines is 1. The summed E-state index contributed by atoms with van der Waals surface area (Å²) in [5, 5.41) is 9.22. The van der Waals surface area contributed by atoms with E-state index in [1.165, 1.54) is 22.7 Å². The lowest BCUT2D eigenvalue weighted by Gasteiger charge is -2.27. The molecule has 1 aromatic heterocycles. The zero-order valence-corrected chi connectivity index (χ0v) is 17.6. The van der Waals surface area contributed by atoms with Gasteiger partial charge in [0, 0.05) is 26.7 Å². The van der Waals surface area contributed by atoms with E-state index in [1.54, 1.807) is 14.0 Å². The van der Waals surface area contributed by atoms with E-state index in [0.717, 1.165) is 31.2 Å². The Kier molecular flexibility index (Phi) is 7.07. The van der Waals surface area contributed by atoms with E-state index in [-0.39, 0.29) is 17.7 Å². The highest BCUT2D eigenvalue weighted by Crippen LogP contribution is 2.25. The third kappa shape index (κ3) is 4.87. The van der Waals surface area contributed by atoms with Crippen LogP contribution in [0.2, 0.25) is 0 Å². The lowest BCUT2D eigenvalue weighted by Crippen LogP contribution is -2.38. The second kappa shape index (κ2) is 9.53. The van der Waals surface area contributed by atoms with Crippen LogP contribution in [0.25, 0.3) is 0 Å². The van der Waals surface area contributed by atoms with Gasteiger partial charge < -0.3 is 14.5 Å². The minimum absolute atomic E-state index is 0.134. The molecule has 3 rings (SSSR count). The number of benzene rings is 1. The molecule has 0 radical (unpaired) electrons. The van der Waals surface area contributed by atoms with Gasteiger partial charge in [0.2, 0.25) is 11.9 Å². The predicted octanol–water partition coefficient (Wildman–Crippen LogP) is 2.72. The smallest absolute Gasteiger partial charge is 0.233 e. The number of rotatable bonds is 7. The Morgan fingerprint density at radius 3 is 2.66 bits per heavy atom. The highest BCUT2D eigenvalue weighted by molar-refractivity contribution is 7.99. The van der Waals surface area contributed by atoms with Crippen molar-refractivity contribution in [3.8, 4) is 0 Å². The first kappa shape index (κ1) is 21.5. The molecule has 1 unspecified atom stereocenters. The Balaban J connectivity index is 1.63. The molecule has 1 saturated heterocycles. The van der Waals surface area contributed by atoms with Gasteiger partial charge in [0.05, 0.1) is 25.0 Å². The van der Waals surface area contributed by atoms with E-state index in [1.807, 2.05) is 11.5 Å². The summed E-state index contributed by atoms with van der Waals surface area (Å²) < 4.78 is 34.0. The third-order valence-corrected chi connectivity index (χ3v) is 5.98. The quantitative estimate of drug-likeness (QED) is 0.636. The molecule has 10 heteroatoms. The van der Waals surface area contributed by atoms with E-state index in [4.69, 9.17) is 4.74 Å². The van der Waals surface area contributed by atoms with Crippen LogP contribution < -0.4 is 4.90 Å². The van der Waals surface area contributed by atoms with Crippen LogP contribution in [0.1, 0.15) is 25.5 Å². The van der Waals surface area contributed by atoms with Crippen LogP contribution in [0.3, 0.4) is 0 Å². The van der Waals surface area contributed by atoms with Crippen LogP contribution in [0, 0.1) is 11.6 Å². The number of amides is 1. The first-order valence-electron chi connectivity index (χ1n) is 9.51. The van der Waals surface area contributed by atoms with Gasteiger partial charge in [-0.3, -0.25) is 9.36 Å². The van der Waals surface area contributed by atoms with Crippen LogP contribution in [0.4, 0.5) is 14.7 Å². The van der Waals surface area contributed by atoms with Crippen molar-refractivity contribution in [2.24, 2.45) is 0 Å². The number of carbonyl (C=O) groups is 1. The maximum Gasteiger partial charge on any atom is 0.233 e. The van der Waals surface area contributed by atoms with Crippen molar-refractivity contribution in [1.82, 2.24) is 19.7 Å². The molecule has 29 heavy (non-hydrogen) atoms. The van der Waals surface area contributed by atoms with Crippen LogP contribution in [-0.2, 0) is 16.1 Å². The van der Waals surface area contributed by atoms with Gasteiger partial charge in [0.25, 0.3) is 0 Å². The van der Waals surface area contributed by atoms with Crippen molar-refractivity contribution in [1.29, 1.82) is 0 Å². The summed E-state index contributed by atoms with van der Waals surface area (Å²) in [4.78, 5) is 16.3. The normalized spacial score (nSPS) is 15.4. The van der Waals surface area contributed by atoms with Crippen molar-refractivity contribution in [3.05, 3.63) is 35.4 Å². The molecule has 1 atom stereocenters. The van der Waals surface area contributed by atoms with Crippen molar-refractivity contribution < 1.29 is 18.3 Å². The van der Waals surface area contributed by atoms with Gasteiger partial charge in [-0.1, -0.05) is 17.8 Å². The molecule has 0 spiro atoms. The van der Waals surface area contributed by atoms with Gasteiger partial charge in [-0.15, -0.1) is 10.2 Å². The van der Waals surface area contributed by atoms with Crippen molar-refractivity contribution in [2.45, 2.75) is 31.6 Å². The summed E-state index contributed by atoms with van der Waals surface area (Å²) in [6, 6.07) is 3.30. The molecule has 2 heterocycles. The molecule has 1 aromatic carbocycles. The molecule has 0 N–H and O–H groups in total. The fourth-order valence-corrected chi connectivity index (χ4v) is 4.02. The van der Waals surface area contributed by atoms with Crippen molar-refractivity contribution in [2.75, 3.05) is 44.0 Å². The highest BCUT2D eigenvalue weighted by Gasteiger charge is 2.22. The zero-order valence-electron chi connectivity index (χ0n) is 16.8. The number of halogens is 2. The Bertz CT molecular complexity index is 857. The lowest BCUT2D eigenvalue weighted by molar-refractivity contribution is -0.128. The van der Waals surface area contributed by atoms with E-state index >= 15 is 0 Å². The number of nitrogens with zero attached hydrogens (tertiary/aromatic N) is 5. The highest BCUT2D eigenvalue weighted by atomic mass is 32.2. The second-order valence-corrected chi connectivity index (χ2v) is 7.71. The van der Waals surface area contributed by atoms with Crippen LogP contribution in [-0.4, -0.2) is 64.7 Å². The number of carbonyl (C=O) groups excluding carboxylic acids is 1. The average Bonchev–Trinajstić information content (AvgIpc) is 3.16. The maximum atomic E-state index is 13.5. The maximum absolute atomic E-state index is 13.5. The molecule has 1 aliphatic heterocycles. The van der Waals surface area contributed by atoms with Crippen molar-refractivity contribution in [3.63, 3.8) is 0 Å². The number of thioether (sulfide) groups is 1. The summed E-state index contributed by atoms with van der Waals surface area (Å²) >= 11 is 1.32. The topological polar surface area (TPSA) is 63.5 Å². The Morgan fingerprint density at radius 1 is 1.28 bits per heavy atom. The van der Waals surface area contributed by atoms with E-state index in [0.29, 0.717) is 30.5 Å². The van der Waals surface area contributed by atoms with E-state index in [2.05, 4.69) is 15.1 Å². The molecule has 0 saturated carbocycles. The lowest BCUT2D eigenvalue weighted by atomic mass is 10.1. The van der Waals surface area contributed by atoms with E-state index in [9.17, 15) is 13.6 Å². The zero-order chi connectivity index (χ0) is 21.0. The average molecular weight is 426 g/mol. The Morgan fingerprint density at radius 2 is 2.00 bits per heavy atom. The minimum atomic E-state index is -0.920. The molecule has 1 aliphatic rings. The summed E-state index contributed by atoms with van der Waals surface area (Å²) in [7, 11) is 1.65. The first-order chi connectivity index (χ1) is 13.9. The largest absolute Gasteiger partial charge is 0.378 e. The summed E-state index contributed by atoms with van der Waals surface area (Å²) in [6.45, 7) is 7.31. The Hall–Kier alpha value is -2.20. The van der Waals surface area contributed by atoms with Crippen LogP contribution >= 0.6 is 11.8 Å². The fraction of sp³-hybridized carbons (Fsp3) is 0.526. The summed E-state index contributed by atoms with van der Waals surface area (Å²) in [6.07, 6.45) is 0. The second-order valence-electron chi connectivity index (χ2n) is 6.77. The molecular weight excluding hydrogens is 400 g/mol.